The average Bonchev–Trinajstić information content (AvgIpc) is 2.69. The number of anilines is 1. The SMILES string of the molecule is COc1cccc(NC(=O)c2cc(S(=O)(=O)N3CCOCC3)ccc2O)c1. The number of benzene rings is 2. The molecule has 144 valence electrons. The number of aromatic hydroxyl groups is 1. The molecule has 0 bridgehead atoms. The predicted molar refractivity (Wildman–Crippen MR) is 98.6 cm³/mol. The zero-order valence-corrected chi connectivity index (χ0v) is 15.5. The summed E-state index contributed by atoms with van der Waals surface area (Å²) in [6.45, 7) is 1.13. The maximum atomic E-state index is 12.8. The highest BCUT2D eigenvalue weighted by molar-refractivity contribution is 7.89. The number of hydrogen-bond acceptors (Lipinski definition) is 6. The molecule has 0 aromatic heterocycles. The van der Waals surface area contributed by atoms with Crippen molar-refractivity contribution in [1.29, 1.82) is 0 Å². The van der Waals surface area contributed by atoms with Crippen molar-refractivity contribution in [3.05, 3.63) is 48.0 Å². The summed E-state index contributed by atoms with van der Waals surface area (Å²) in [6, 6.07) is 10.4. The molecule has 0 unspecified atom stereocenters. The fourth-order valence-electron chi connectivity index (χ4n) is 2.69. The van der Waals surface area contributed by atoms with Crippen LogP contribution in [0.4, 0.5) is 5.69 Å². The predicted octanol–water partition coefficient (Wildman–Crippen LogP) is 1.67. The molecule has 1 saturated heterocycles. The van der Waals surface area contributed by atoms with Crippen LogP contribution in [0.2, 0.25) is 0 Å². The van der Waals surface area contributed by atoms with Crippen molar-refractivity contribution in [3.8, 4) is 11.5 Å². The largest absolute Gasteiger partial charge is 0.507 e. The number of methoxy groups -OCH3 is 1. The molecule has 0 atom stereocenters. The first-order valence-corrected chi connectivity index (χ1v) is 9.72. The topological polar surface area (TPSA) is 105 Å². The van der Waals surface area contributed by atoms with E-state index in [1.807, 2.05) is 0 Å². The highest BCUT2D eigenvalue weighted by Crippen LogP contribution is 2.26. The van der Waals surface area contributed by atoms with Crippen molar-refractivity contribution >= 4 is 21.6 Å². The summed E-state index contributed by atoms with van der Waals surface area (Å²) in [4.78, 5) is 12.5. The summed E-state index contributed by atoms with van der Waals surface area (Å²) in [5.41, 5.74) is 0.326. The summed E-state index contributed by atoms with van der Waals surface area (Å²) in [6.07, 6.45) is 0. The molecule has 27 heavy (non-hydrogen) atoms. The van der Waals surface area contributed by atoms with Gasteiger partial charge in [-0.05, 0) is 30.3 Å². The van der Waals surface area contributed by atoms with E-state index >= 15 is 0 Å². The Hall–Kier alpha value is -2.62. The van der Waals surface area contributed by atoms with Crippen LogP contribution in [-0.2, 0) is 14.8 Å². The first-order chi connectivity index (χ1) is 12.9. The lowest BCUT2D eigenvalue weighted by Gasteiger charge is -2.26. The van der Waals surface area contributed by atoms with Gasteiger partial charge in [-0.25, -0.2) is 8.42 Å². The molecule has 1 heterocycles. The minimum absolute atomic E-state index is 0.0574. The number of nitrogens with zero attached hydrogens (tertiary/aromatic N) is 1. The molecule has 1 fully saturated rings. The molecule has 2 aromatic carbocycles. The molecule has 0 saturated carbocycles. The molecule has 1 aliphatic heterocycles. The maximum Gasteiger partial charge on any atom is 0.259 e. The lowest BCUT2D eigenvalue weighted by molar-refractivity contribution is 0.0730. The van der Waals surface area contributed by atoms with Gasteiger partial charge in [0, 0.05) is 24.8 Å². The standard InChI is InChI=1S/C18H20N2O6S/c1-25-14-4-2-3-13(11-14)19-18(22)16-12-15(5-6-17(16)21)27(23,24)20-7-9-26-10-8-20/h2-6,11-12,21H,7-10H2,1H3,(H,19,22). The Kier molecular flexibility index (Phi) is 5.64. The fraction of sp³-hybridized carbons (Fsp3) is 0.278. The summed E-state index contributed by atoms with van der Waals surface area (Å²) in [5.74, 6) is -0.378. The van der Waals surface area contributed by atoms with Gasteiger partial charge in [-0.2, -0.15) is 4.31 Å². The van der Waals surface area contributed by atoms with Crippen molar-refractivity contribution in [1.82, 2.24) is 4.31 Å². The van der Waals surface area contributed by atoms with Crippen molar-refractivity contribution in [2.75, 3.05) is 38.7 Å². The van der Waals surface area contributed by atoms with Crippen LogP contribution < -0.4 is 10.1 Å². The number of phenolic OH excluding ortho intramolecular Hbond substituents is 1. The van der Waals surface area contributed by atoms with Gasteiger partial charge in [-0.3, -0.25) is 4.79 Å². The van der Waals surface area contributed by atoms with Crippen LogP contribution in [-0.4, -0.2) is 57.1 Å². The van der Waals surface area contributed by atoms with Crippen LogP contribution in [0.3, 0.4) is 0 Å². The third kappa shape index (κ3) is 4.21. The van der Waals surface area contributed by atoms with Crippen LogP contribution in [0.5, 0.6) is 11.5 Å². The van der Waals surface area contributed by atoms with E-state index in [4.69, 9.17) is 9.47 Å². The van der Waals surface area contributed by atoms with Gasteiger partial charge in [0.1, 0.15) is 11.5 Å². The summed E-state index contributed by atoms with van der Waals surface area (Å²) in [5, 5.41) is 12.7. The first kappa shape index (κ1) is 19.2. The Bertz CT molecular complexity index is 939. The second-order valence-corrected chi connectivity index (χ2v) is 7.82. The number of ether oxygens (including phenoxy) is 2. The van der Waals surface area contributed by atoms with Crippen molar-refractivity contribution in [2.24, 2.45) is 0 Å². The number of sulfonamides is 1. The Morgan fingerprint density at radius 2 is 1.93 bits per heavy atom. The zero-order valence-electron chi connectivity index (χ0n) is 14.7. The average molecular weight is 392 g/mol. The van der Waals surface area contributed by atoms with Gasteiger partial charge in [0.05, 0.1) is 30.8 Å². The number of carbonyl (C=O) groups excluding carboxylic acids is 1. The van der Waals surface area contributed by atoms with Gasteiger partial charge in [0.2, 0.25) is 10.0 Å². The highest BCUT2D eigenvalue weighted by atomic mass is 32.2. The number of amides is 1. The van der Waals surface area contributed by atoms with E-state index in [0.717, 1.165) is 0 Å². The number of carbonyl (C=O) groups is 1. The number of phenols is 1. The van der Waals surface area contributed by atoms with E-state index < -0.39 is 15.9 Å². The number of rotatable bonds is 5. The third-order valence-corrected chi connectivity index (χ3v) is 6.04. The first-order valence-electron chi connectivity index (χ1n) is 8.28. The van der Waals surface area contributed by atoms with E-state index in [2.05, 4.69) is 5.32 Å². The van der Waals surface area contributed by atoms with Crippen LogP contribution in [0.25, 0.3) is 0 Å². The van der Waals surface area contributed by atoms with Crippen LogP contribution in [0, 0.1) is 0 Å². The second-order valence-electron chi connectivity index (χ2n) is 5.88. The monoisotopic (exact) mass is 392 g/mol. The van der Waals surface area contributed by atoms with Crippen molar-refractivity contribution in [2.45, 2.75) is 4.90 Å². The van der Waals surface area contributed by atoms with Crippen LogP contribution >= 0.6 is 0 Å². The summed E-state index contributed by atoms with van der Waals surface area (Å²) in [7, 11) is -2.27. The van der Waals surface area contributed by atoms with E-state index in [0.29, 0.717) is 24.7 Å². The molecule has 8 nitrogen and oxygen atoms in total. The van der Waals surface area contributed by atoms with E-state index in [1.165, 1.54) is 29.6 Å². The quantitative estimate of drug-likeness (QED) is 0.802. The molecule has 1 amide bonds. The van der Waals surface area contributed by atoms with E-state index in [1.54, 1.807) is 24.3 Å². The fourth-order valence-corrected chi connectivity index (χ4v) is 4.13. The zero-order chi connectivity index (χ0) is 19.4. The van der Waals surface area contributed by atoms with E-state index in [-0.39, 0.29) is 29.3 Å². The lowest BCUT2D eigenvalue weighted by Crippen LogP contribution is -2.40. The highest BCUT2D eigenvalue weighted by Gasteiger charge is 2.27. The van der Waals surface area contributed by atoms with Crippen molar-refractivity contribution in [3.63, 3.8) is 0 Å². The Morgan fingerprint density at radius 1 is 1.19 bits per heavy atom. The van der Waals surface area contributed by atoms with Gasteiger partial charge in [-0.15, -0.1) is 0 Å². The molecular weight excluding hydrogens is 372 g/mol. The number of morpholine rings is 1. The Labute approximate surface area is 157 Å². The van der Waals surface area contributed by atoms with E-state index in [9.17, 15) is 18.3 Å². The third-order valence-electron chi connectivity index (χ3n) is 4.15. The summed E-state index contributed by atoms with van der Waals surface area (Å²) >= 11 is 0. The maximum absolute atomic E-state index is 12.8. The number of nitrogens with one attached hydrogen (secondary N) is 1. The minimum atomic E-state index is -3.78. The molecule has 0 aliphatic carbocycles. The van der Waals surface area contributed by atoms with Gasteiger partial charge in [-0.1, -0.05) is 6.07 Å². The molecule has 1 aliphatic rings. The van der Waals surface area contributed by atoms with Crippen molar-refractivity contribution < 1.29 is 27.8 Å². The lowest BCUT2D eigenvalue weighted by atomic mass is 10.2. The van der Waals surface area contributed by atoms with Gasteiger partial charge >= 0.3 is 0 Å². The number of hydrogen-bond donors (Lipinski definition) is 2. The smallest absolute Gasteiger partial charge is 0.259 e. The molecule has 9 heteroatoms. The van der Waals surface area contributed by atoms with Gasteiger partial charge in [0.25, 0.3) is 5.91 Å². The molecule has 2 aromatic rings. The summed E-state index contributed by atoms with van der Waals surface area (Å²) < 4.78 is 37.1. The normalized spacial score (nSPS) is 15.3. The second kappa shape index (κ2) is 7.95. The Morgan fingerprint density at radius 3 is 2.63 bits per heavy atom. The molecule has 3 rings (SSSR count). The van der Waals surface area contributed by atoms with Crippen LogP contribution in [0.15, 0.2) is 47.4 Å². The van der Waals surface area contributed by atoms with Gasteiger partial charge in [0.15, 0.2) is 0 Å². The molecule has 0 radical (unpaired) electrons. The van der Waals surface area contributed by atoms with Gasteiger partial charge < -0.3 is 19.9 Å². The molecular formula is C18H20N2O6S. The molecule has 0 spiro atoms. The van der Waals surface area contributed by atoms with Crippen LogP contribution in [0.1, 0.15) is 10.4 Å². The Balaban J connectivity index is 1.87. The minimum Gasteiger partial charge on any atom is -0.507 e. The molecule has 2 N–H and O–H groups in total.